The van der Waals surface area contributed by atoms with E-state index in [0.717, 1.165) is 12.8 Å². The van der Waals surface area contributed by atoms with Crippen LogP contribution >= 0.6 is 23.2 Å². The lowest BCUT2D eigenvalue weighted by Crippen LogP contribution is -2.13. The summed E-state index contributed by atoms with van der Waals surface area (Å²) in [6.07, 6.45) is 2.68. The normalized spacial score (nSPS) is 17.2. The van der Waals surface area contributed by atoms with Gasteiger partial charge in [-0.25, -0.2) is 0 Å². The van der Waals surface area contributed by atoms with Crippen LogP contribution in [0.1, 0.15) is 19.3 Å². The van der Waals surface area contributed by atoms with Gasteiger partial charge in [0, 0.05) is 6.42 Å². The van der Waals surface area contributed by atoms with Crippen molar-refractivity contribution in [3.05, 3.63) is 28.2 Å². The van der Waals surface area contributed by atoms with Gasteiger partial charge in [0.1, 0.15) is 10.8 Å². The van der Waals surface area contributed by atoms with Crippen molar-refractivity contribution in [2.45, 2.75) is 25.4 Å². The van der Waals surface area contributed by atoms with Crippen molar-refractivity contribution < 1.29 is 9.84 Å². The van der Waals surface area contributed by atoms with Gasteiger partial charge in [0.05, 0.1) is 17.7 Å². The van der Waals surface area contributed by atoms with E-state index in [2.05, 4.69) is 0 Å². The van der Waals surface area contributed by atoms with Crippen molar-refractivity contribution in [3.63, 3.8) is 0 Å². The Kier molecular flexibility index (Phi) is 3.95. The Balaban J connectivity index is 1.82. The largest absolute Gasteiger partial charge is 0.492 e. The summed E-state index contributed by atoms with van der Waals surface area (Å²) in [5.41, 5.74) is 0. The Morgan fingerprint density at radius 1 is 1.38 bits per heavy atom. The topological polar surface area (TPSA) is 29.5 Å². The van der Waals surface area contributed by atoms with E-state index >= 15 is 0 Å². The average molecular weight is 261 g/mol. The molecule has 1 aliphatic rings. The molecule has 88 valence electrons. The van der Waals surface area contributed by atoms with Gasteiger partial charge in [-0.15, -0.1) is 0 Å². The maximum absolute atomic E-state index is 9.65. The van der Waals surface area contributed by atoms with E-state index in [1.807, 2.05) is 0 Å². The molecule has 0 saturated heterocycles. The number of ether oxygens (including phenoxy) is 1. The third kappa shape index (κ3) is 3.03. The second-order valence-electron chi connectivity index (χ2n) is 4.09. The maximum atomic E-state index is 9.65. The van der Waals surface area contributed by atoms with Crippen molar-refractivity contribution in [1.82, 2.24) is 0 Å². The van der Waals surface area contributed by atoms with Crippen LogP contribution in [0.5, 0.6) is 5.75 Å². The molecule has 16 heavy (non-hydrogen) atoms. The summed E-state index contributed by atoms with van der Waals surface area (Å²) >= 11 is 11.8. The minimum absolute atomic E-state index is 0.238. The number of halogens is 2. The fraction of sp³-hybridized carbons (Fsp3) is 0.500. The molecule has 4 heteroatoms. The highest BCUT2D eigenvalue weighted by Crippen LogP contribution is 2.34. The first-order valence-corrected chi connectivity index (χ1v) is 6.19. The molecule has 0 radical (unpaired) electrons. The second-order valence-corrected chi connectivity index (χ2v) is 4.88. The van der Waals surface area contributed by atoms with Gasteiger partial charge in [0.25, 0.3) is 0 Å². The van der Waals surface area contributed by atoms with Crippen molar-refractivity contribution >= 4 is 23.2 Å². The third-order valence-electron chi connectivity index (χ3n) is 2.75. The van der Waals surface area contributed by atoms with Crippen LogP contribution in [0.25, 0.3) is 0 Å². The molecule has 0 spiro atoms. The first-order chi connectivity index (χ1) is 7.68. The molecule has 1 saturated carbocycles. The first kappa shape index (κ1) is 12.0. The fourth-order valence-corrected chi connectivity index (χ4v) is 1.95. The second kappa shape index (κ2) is 5.26. The Hall–Kier alpha value is -0.440. The van der Waals surface area contributed by atoms with Gasteiger partial charge in [0.15, 0.2) is 0 Å². The van der Waals surface area contributed by atoms with E-state index in [4.69, 9.17) is 27.9 Å². The molecular weight excluding hydrogens is 247 g/mol. The van der Waals surface area contributed by atoms with Crippen molar-refractivity contribution in [3.8, 4) is 5.75 Å². The van der Waals surface area contributed by atoms with E-state index in [0.29, 0.717) is 34.7 Å². The zero-order valence-electron chi connectivity index (χ0n) is 8.83. The standard InChI is InChI=1S/C12H14Cl2O2/c13-9-2-1-3-11(12(9)14)16-7-6-10(15)8-4-5-8/h1-3,8,10,15H,4-7H2. The van der Waals surface area contributed by atoms with Gasteiger partial charge in [-0.1, -0.05) is 29.3 Å². The molecule has 1 fully saturated rings. The Morgan fingerprint density at radius 2 is 2.12 bits per heavy atom. The van der Waals surface area contributed by atoms with Crippen LogP contribution in [0.3, 0.4) is 0 Å². The number of hydrogen-bond acceptors (Lipinski definition) is 2. The zero-order chi connectivity index (χ0) is 11.5. The molecule has 1 unspecified atom stereocenters. The van der Waals surface area contributed by atoms with Crippen molar-refractivity contribution in [2.24, 2.45) is 5.92 Å². The number of aliphatic hydroxyl groups excluding tert-OH is 1. The van der Waals surface area contributed by atoms with E-state index in [-0.39, 0.29) is 6.10 Å². The smallest absolute Gasteiger partial charge is 0.139 e. The molecule has 1 N–H and O–H groups in total. The monoisotopic (exact) mass is 260 g/mol. The van der Waals surface area contributed by atoms with Gasteiger partial charge in [-0.3, -0.25) is 0 Å². The van der Waals surface area contributed by atoms with Gasteiger partial charge < -0.3 is 9.84 Å². The molecule has 2 nitrogen and oxygen atoms in total. The lowest BCUT2D eigenvalue weighted by molar-refractivity contribution is 0.119. The Bertz CT molecular complexity index is 364. The maximum Gasteiger partial charge on any atom is 0.139 e. The Morgan fingerprint density at radius 3 is 2.81 bits per heavy atom. The minimum atomic E-state index is -0.238. The molecule has 2 rings (SSSR count). The molecular formula is C12H14Cl2O2. The number of benzene rings is 1. The van der Waals surface area contributed by atoms with E-state index in [1.165, 1.54) is 0 Å². The van der Waals surface area contributed by atoms with Crippen molar-refractivity contribution in [1.29, 1.82) is 0 Å². The summed E-state index contributed by atoms with van der Waals surface area (Å²) in [7, 11) is 0. The lowest BCUT2D eigenvalue weighted by Gasteiger charge is -2.11. The fourth-order valence-electron chi connectivity index (χ4n) is 1.60. The highest BCUT2D eigenvalue weighted by atomic mass is 35.5. The van der Waals surface area contributed by atoms with Crippen LogP contribution in [-0.2, 0) is 0 Å². The minimum Gasteiger partial charge on any atom is -0.492 e. The van der Waals surface area contributed by atoms with E-state index in [9.17, 15) is 5.11 Å². The summed E-state index contributed by atoms with van der Waals surface area (Å²) in [6, 6.07) is 5.29. The lowest BCUT2D eigenvalue weighted by atomic mass is 10.2. The predicted octanol–water partition coefficient (Wildman–Crippen LogP) is 3.53. The number of rotatable bonds is 5. The summed E-state index contributed by atoms with van der Waals surface area (Å²) in [6.45, 7) is 0.470. The highest BCUT2D eigenvalue weighted by Gasteiger charge is 2.29. The van der Waals surface area contributed by atoms with Crippen LogP contribution in [-0.4, -0.2) is 17.8 Å². The summed E-state index contributed by atoms with van der Waals surface area (Å²) < 4.78 is 5.49. The Labute approximate surface area is 105 Å². The predicted molar refractivity (Wildman–Crippen MR) is 65.3 cm³/mol. The molecule has 1 aromatic rings. The van der Waals surface area contributed by atoms with Gasteiger partial charge >= 0.3 is 0 Å². The van der Waals surface area contributed by atoms with E-state index in [1.54, 1.807) is 18.2 Å². The van der Waals surface area contributed by atoms with Crippen molar-refractivity contribution in [2.75, 3.05) is 6.61 Å². The van der Waals surface area contributed by atoms with Crippen LogP contribution in [0, 0.1) is 5.92 Å². The zero-order valence-corrected chi connectivity index (χ0v) is 10.3. The number of aliphatic hydroxyl groups is 1. The molecule has 1 aromatic carbocycles. The quantitative estimate of drug-likeness (QED) is 0.878. The molecule has 0 aliphatic heterocycles. The number of hydrogen-bond donors (Lipinski definition) is 1. The summed E-state index contributed by atoms with van der Waals surface area (Å²) in [4.78, 5) is 0. The average Bonchev–Trinajstić information content (AvgIpc) is 3.07. The molecule has 1 aliphatic carbocycles. The molecule has 1 atom stereocenters. The first-order valence-electron chi connectivity index (χ1n) is 5.43. The third-order valence-corrected chi connectivity index (χ3v) is 3.56. The van der Waals surface area contributed by atoms with Gasteiger partial charge in [-0.05, 0) is 30.9 Å². The summed E-state index contributed by atoms with van der Waals surface area (Å²) in [5.74, 6) is 1.07. The van der Waals surface area contributed by atoms with Gasteiger partial charge in [0.2, 0.25) is 0 Å². The highest BCUT2D eigenvalue weighted by molar-refractivity contribution is 6.42. The van der Waals surface area contributed by atoms with Crippen LogP contribution in [0.4, 0.5) is 0 Å². The summed E-state index contributed by atoms with van der Waals surface area (Å²) in [5, 5.41) is 10.6. The molecule has 0 bridgehead atoms. The molecule has 0 aromatic heterocycles. The van der Waals surface area contributed by atoms with Crippen LogP contribution < -0.4 is 4.74 Å². The van der Waals surface area contributed by atoms with Crippen LogP contribution in [0.2, 0.25) is 10.0 Å². The van der Waals surface area contributed by atoms with Crippen LogP contribution in [0.15, 0.2) is 18.2 Å². The SMILES string of the molecule is OC(CCOc1cccc(Cl)c1Cl)C1CC1. The molecule has 0 amide bonds. The van der Waals surface area contributed by atoms with Gasteiger partial charge in [-0.2, -0.15) is 0 Å². The molecule has 0 heterocycles. The van der Waals surface area contributed by atoms with E-state index < -0.39 is 0 Å².